The smallest absolute Gasteiger partial charge is 0.433 e. The molecule has 14 heteroatoms. The lowest BCUT2D eigenvalue weighted by Crippen LogP contribution is -2.47. The van der Waals surface area contributed by atoms with Crippen LogP contribution >= 0.6 is 11.3 Å². The van der Waals surface area contributed by atoms with Gasteiger partial charge in [0.1, 0.15) is 22.2 Å². The van der Waals surface area contributed by atoms with Crippen LogP contribution in [0.25, 0.3) is 33.6 Å². The number of nitrogens with one attached hydrogen (secondary N) is 1. The summed E-state index contributed by atoms with van der Waals surface area (Å²) < 4.78 is 60.6. The fourth-order valence-corrected chi connectivity index (χ4v) is 5.55. The molecule has 1 amide bonds. The van der Waals surface area contributed by atoms with E-state index < -0.39 is 23.2 Å². The van der Waals surface area contributed by atoms with E-state index in [1.165, 1.54) is 16.7 Å². The van der Waals surface area contributed by atoms with Gasteiger partial charge in [0.2, 0.25) is 5.88 Å². The highest BCUT2D eigenvalue weighted by Crippen LogP contribution is 2.33. The molecule has 0 radical (unpaired) electrons. The summed E-state index contributed by atoms with van der Waals surface area (Å²) in [5, 5.41) is 5.00. The maximum absolute atomic E-state index is 14.6. The lowest BCUT2D eigenvalue weighted by atomic mass is 10.0. The number of ether oxygens (including phenoxy) is 1. The molecule has 1 aliphatic rings. The number of alkyl halides is 3. The SMILES string of the molecule is CCOc1ncc(F)cc1-n1c(C=C(C)C)c(C(=O)N2CCNCC2)cc(-c2nc(-c3ccc(C(F)(F)F)nc3)cs2)c1=O. The first kappa shape index (κ1) is 31.0. The number of thiazole rings is 1. The van der Waals surface area contributed by atoms with Crippen molar-refractivity contribution in [2.75, 3.05) is 32.8 Å². The number of hydrogen-bond acceptors (Lipinski definition) is 8. The monoisotopic (exact) mass is 628 g/mol. The number of carbonyl (C=O) groups is 1. The van der Waals surface area contributed by atoms with Gasteiger partial charge in [0.25, 0.3) is 11.5 Å². The van der Waals surface area contributed by atoms with Crippen LogP contribution in [-0.4, -0.2) is 63.1 Å². The summed E-state index contributed by atoms with van der Waals surface area (Å²) in [6.07, 6.45) is -0.891. The zero-order chi connectivity index (χ0) is 31.6. The van der Waals surface area contributed by atoms with E-state index in [9.17, 15) is 27.2 Å². The fourth-order valence-electron chi connectivity index (χ4n) is 4.72. The summed E-state index contributed by atoms with van der Waals surface area (Å²) >= 11 is 1.07. The van der Waals surface area contributed by atoms with E-state index in [0.717, 1.165) is 41.4 Å². The van der Waals surface area contributed by atoms with Crippen LogP contribution in [0.15, 0.2) is 52.4 Å². The van der Waals surface area contributed by atoms with Gasteiger partial charge < -0.3 is 15.0 Å². The minimum Gasteiger partial charge on any atom is -0.476 e. The lowest BCUT2D eigenvalue weighted by Gasteiger charge is -2.29. The van der Waals surface area contributed by atoms with Crippen molar-refractivity contribution in [3.05, 3.63) is 80.7 Å². The normalized spacial score (nSPS) is 13.6. The first-order valence-electron chi connectivity index (χ1n) is 13.7. The van der Waals surface area contributed by atoms with Gasteiger partial charge in [-0.05, 0) is 45.0 Å². The van der Waals surface area contributed by atoms with Crippen LogP contribution in [0.3, 0.4) is 0 Å². The average molecular weight is 629 g/mol. The van der Waals surface area contributed by atoms with Crippen molar-refractivity contribution in [3.63, 3.8) is 0 Å². The van der Waals surface area contributed by atoms with Gasteiger partial charge in [-0.15, -0.1) is 11.3 Å². The lowest BCUT2D eigenvalue weighted by molar-refractivity contribution is -0.141. The van der Waals surface area contributed by atoms with Crippen LogP contribution in [-0.2, 0) is 6.18 Å². The zero-order valence-corrected chi connectivity index (χ0v) is 24.9. The highest BCUT2D eigenvalue weighted by atomic mass is 32.1. The Morgan fingerprint density at radius 3 is 2.52 bits per heavy atom. The van der Waals surface area contributed by atoms with E-state index in [1.807, 2.05) is 0 Å². The summed E-state index contributed by atoms with van der Waals surface area (Å²) in [7, 11) is 0. The number of hydrogen-bond donors (Lipinski definition) is 1. The quantitative estimate of drug-likeness (QED) is 0.272. The first-order chi connectivity index (χ1) is 21.0. The van der Waals surface area contributed by atoms with Gasteiger partial charge in [-0.25, -0.2) is 14.4 Å². The van der Waals surface area contributed by atoms with Gasteiger partial charge in [-0.3, -0.25) is 19.1 Å². The largest absolute Gasteiger partial charge is 0.476 e. The van der Waals surface area contributed by atoms with Gasteiger partial charge in [-0.1, -0.05) is 5.57 Å². The number of allylic oxidation sites excluding steroid dienone is 1. The third-order valence-corrected chi connectivity index (χ3v) is 7.58. The number of carbonyl (C=O) groups excluding carboxylic acids is 1. The number of rotatable bonds is 7. The van der Waals surface area contributed by atoms with E-state index in [4.69, 9.17) is 4.74 Å². The molecule has 0 aromatic carbocycles. The average Bonchev–Trinajstić information content (AvgIpc) is 3.48. The molecule has 0 unspecified atom stereocenters. The number of piperazine rings is 1. The molecule has 0 spiro atoms. The highest BCUT2D eigenvalue weighted by Gasteiger charge is 2.32. The number of aromatic nitrogens is 4. The summed E-state index contributed by atoms with van der Waals surface area (Å²) in [6.45, 7) is 7.58. The molecule has 0 aliphatic carbocycles. The second-order valence-corrected chi connectivity index (χ2v) is 11.0. The zero-order valence-electron chi connectivity index (χ0n) is 24.0. The Kier molecular flexibility index (Phi) is 8.92. The molecule has 1 saturated heterocycles. The molecule has 0 saturated carbocycles. The van der Waals surface area contributed by atoms with Crippen molar-refractivity contribution in [2.24, 2.45) is 0 Å². The molecule has 5 rings (SSSR count). The van der Waals surface area contributed by atoms with E-state index in [1.54, 1.807) is 37.1 Å². The summed E-state index contributed by atoms with van der Waals surface area (Å²) in [5.74, 6) is -1.06. The minimum absolute atomic E-state index is 0.00396. The van der Waals surface area contributed by atoms with Crippen molar-refractivity contribution in [3.8, 4) is 33.4 Å². The summed E-state index contributed by atoms with van der Waals surface area (Å²) in [6, 6.07) is 4.69. The van der Waals surface area contributed by atoms with Crippen molar-refractivity contribution in [1.29, 1.82) is 0 Å². The van der Waals surface area contributed by atoms with Gasteiger partial charge in [0.15, 0.2) is 0 Å². The summed E-state index contributed by atoms with van der Waals surface area (Å²) in [4.78, 5) is 42.1. The van der Waals surface area contributed by atoms with Crippen molar-refractivity contribution >= 4 is 23.3 Å². The molecule has 0 bridgehead atoms. The van der Waals surface area contributed by atoms with E-state index in [2.05, 4.69) is 20.3 Å². The molecule has 230 valence electrons. The van der Waals surface area contributed by atoms with Crippen LogP contribution in [0, 0.1) is 5.82 Å². The van der Waals surface area contributed by atoms with Crippen LogP contribution in [0.5, 0.6) is 5.88 Å². The van der Waals surface area contributed by atoms with Gasteiger partial charge >= 0.3 is 6.18 Å². The molecular formula is C30H28F4N6O3S. The molecule has 1 aliphatic heterocycles. The third-order valence-electron chi connectivity index (χ3n) is 6.70. The Hall–Kier alpha value is -4.43. The fraction of sp³-hybridized carbons (Fsp3) is 0.300. The van der Waals surface area contributed by atoms with Crippen LogP contribution in [0.4, 0.5) is 17.6 Å². The Bertz CT molecular complexity index is 1770. The van der Waals surface area contributed by atoms with E-state index in [0.29, 0.717) is 37.4 Å². The topological polar surface area (TPSA) is 102 Å². The Balaban J connectivity index is 1.75. The van der Waals surface area contributed by atoms with Crippen LogP contribution in [0.1, 0.15) is 42.5 Å². The predicted octanol–water partition coefficient (Wildman–Crippen LogP) is 5.44. The first-order valence-corrected chi connectivity index (χ1v) is 14.6. The van der Waals surface area contributed by atoms with Gasteiger partial charge in [0.05, 0.1) is 35.3 Å². The molecule has 44 heavy (non-hydrogen) atoms. The molecule has 9 nitrogen and oxygen atoms in total. The maximum Gasteiger partial charge on any atom is 0.433 e. The third kappa shape index (κ3) is 6.40. The Morgan fingerprint density at radius 1 is 1.14 bits per heavy atom. The van der Waals surface area contributed by atoms with Crippen molar-refractivity contribution in [2.45, 2.75) is 26.9 Å². The predicted molar refractivity (Wildman–Crippen MR) is 158 cm³/mol. The van der Waals surface area contributed by atoms with Crippen LogP contribution in [0.2, 0.25) is 0 Å². The number of amides is 1. The minimum atomic E-state index is -4.59. The number of pyridine rings is 3. The Labute approximate surface area is 253 Å². The molecule has 1 fully saturated rings. The molecular weight excluding hydrogens is 600 g/mol. The highest BCUT2D eigenvalue weighted by molar-refractivity contribution is 7.13. The summed E-state index contributed by atoms with van der Waals surface area (Å²) in [5.41, 5.74) is 0.167. The molecule has 1 N–H and O–H groups in total. The van der Waals surface area contributed by atoms with Crippen molar-refractivity contribution < 1.29 is 27.1 Å². The second-order valence-electron chi connectivity index (χ2n) is 10.1. The molecule has 0 atom stereocenters. The van der Waals surface area contributed by atoms with E-state index >= 15 is 0 Å². The molecule has 4 aromatic heterocycles. The maximum atomic E-state index is 14.6. The molecule has 5 heterocycles. The van der Waals surface area contributed by atoms with Crippen molar-refractivity contribution in [1.82, 2.24) is 29.7 Å². The Morgan fingerprint density at radius 2 is 1.89 bits per heavy atom. The van der Waals surface area contributed by atoms with Crippen LogP contribution < -0.4 is 15.6 Å². The number of nitrogens with zero attached hydrogens (tertiary/aromatic N) is 5. The number of halogens is 4. The standard InChI is InChI=1S/C30H28F4N6O3S/c1-4-43-26-24(12-19(31)15-37-26)40-23(11-17(2)3)20(28(41)39-9-7-35-8-10-39)13-21(29(40)42)27-38-22(16-44-27)18-5-6-25(36-14-18)30(32,33)34/h5-6,11-16,35H,4,7-10H2,1-3H3. The second kappa shape index (κ2) is 12.7. The van der Waals surface area contributed by atoms with Gasteiger partial charge in [-0.2, -0.15) is 13.2 Å². The van der Waals surface area contributed by atoms with E-state index in [-0.39, 0.29) is 45.9 Å². The molecule has 4 aromatic rings. The van der Waals surface area contributed by atoms with Gasteiger partial charge in [0, 0.05) is 49.4 Å².